The van der Waals surface area contributed by atoms with Gasteiger partial charge in [0.1, 0.15) is 5.54 Å². The van der Waals surface area contributed by atoms with Crippen LogP contribution in [0.2, 0.25) is 0 Å². The van der Waals surface area contributed by atoms with E-state index >= 15 is 0 Å². The summed E-state index contributed by atoms with van der Waals surface area (Å²) in [4.78, 5) is 10.6. The molecule has 1 heterocycles. The minimum Gasteiger partial charge on any atom is -0.464 e. The van der Waals surface area contributed by atoms with Gasteiger partial charge in [0.25, 0.3) is 0 Å². The Morgan fingerprint density at radius 2 is 2.62 bits per heavy atom. The van der Waals surface area contributed by atoms with Crippen molar-refractivity contribution in [2.75, 3.05) is 6.61 Å². The number of ether oxygens (including phenoxy) is 1. The Labute approximate surface area is 46.8 Å². The maximum absolute atomic E-state index is 10.6. The Balaban J connectivity index is 2.31. The molecule has 0 amide bonds. The Hall–Kier alpha value is -0.570. The van der Waals surface area contributed by atoms with Crippen molar-refractivity contribution >= 4 is 5.97 Å². The molecule has 1 saturated heterocycles. The van der Waals surface area contributed by atoms with Gasteiger partial charge in [-0.05, 0) is 6.42 Å². The van der Waals surface area contributed by atoms with Gasteiger partial charge in [0.05, 0.1) is 6.61 Å². The summed E-state index contributed by atoms with van der Waals surface area (Å²) in [6.07, 6.45) is 0.839. The second-order valence-electron chi connectivity index (χ2n) is 2.54. The summed E-state index contributed by atoms with van der Waals surface area (Å²) >= 11 is 0. The van der Waals surface area contributed by atoms with Gasteiger partial charge in [-0.3, -0.25) is 4.79 Å². The molecule has 0 aromatic heterocycles. The first-order valence-corrected chi connectivity index (χ1v) is 2.69. The fraction of sp³-hybridized carbons (Fsp3) is 0.800. The molecule has 2 rings (SSSR count). The van der Waals surface area contributed by atoms with Gasteiger partial charge < -0.3 is 10.5 Å². The highest BCUT2D eigenvalue weighted by Crippen LogP contribution is 2.46. The molecule has 0 radical (unpaired) electrons. The fourth-order valence-electron chi connectivity index (χ4n) is 1.12. The van der Waals surface area contributed by atoms with E-state index in [2.05, 4.69) is 4.74 Å². The summed E-state index contributed by atoms with van der Waals surface area (Å²) in [5, 5.41) is 0. The molecule has 2 aliphatic rings. The van der Waals surface area contributed by atoms with Crippen molar-refractivity contribution in [3.63, 3.8) is 0 Å². The molecule has 0 aromatic carbocycles. The summed E-state index contributed by atoms with van der Waals surface area (Å²) in [6, 6.07) is 0. The molecule has 0 unspecified atom stereocenters. The number of esters is 1. The zero-order chi connectivity index (χ0) is 5.78. The summed E-state index contributed by atoms with van der Waals surface area (Å²) in [5.41, 5.74) is 4.98. The zero-order valence-corrected chi connectivity index (χ0v) is 4.39. The average Bonchev–Trinajstić information content (AvgIpc) is 2.31. The fourth-order valence-corrected chi connectivity index (χ4v) is 1.12. The first kappa shape index (κ1) is 4.32. The highest BCUT2D eigenvalue weighted by atomic mass is 16.5. The molecule has 1 aliphatic heterocycles. The van der Waals surface area contributed by atoms with E-state index in [4.69, 9.17) is 5.73 Å². The van der Waals surface area contributed by atoms with Crippen molar-refractivity contribution < 1.29 is 9.53 Å². The summed E-state index contributed by atoms with van der Waals surface area (Å²) in [6.45, 7) is 0.551. The molecule has 2 atom stereocenters. The standard InChI is InChI=1S/C5H7NO2/c6-5-1-3(5)2-8-4(5)7/h3H,1-2,6H2/t3-,5+/m0/s1. The highest BCUT2D eigenvalue weighted by molar-refractivity contribution is 5.87. The molecule has 0 spiro atoms. The topological polar surface area (TPSA) is 52.3 Å². The third-order valence-electron chi connectivity index (χ3n) is 1.95. The van der Waals surface area contributed by atoms with Gasteiger partial charge in [-0.2, -0.15) is 0 Å². The zero-order valence-electron chi connectivity index (χ0n) is 4.39. The third-order valence-corrected chi connectivity index (χ3v) is 1.95. The third kappa shape index (κ3) is 0.282. The van der Waals surface area contributed by atoms with Gasteiger partial charge in [0, 0.05) is 5.92 Å². The minimum atomic E-state index is -0.542. The van der Waals surface area contributed by atoms with Gasteiger partial charge in [-0.1, -0.05) is 0 Å². The number of hydrogen-bond donors (Lipinski definition) is 1. The van der Waals surface area contributed by atoms with Crippen LogP contribution in [-0.2, 0) is 9.53 Å². The van der Waals surface area contributed by atoms with Crippen LogP contribution in [0.4, 0.5) is 0 Å². The summed E-state index contributed by atoms with van der Waals surface area (Å²) in [7, 11) is 0. The van der Waals surface area contributed by atoms with E-state index in [1.807, 2.05) is 0 Å². The first-order chi connectivity index (χ1) is 3.73. The van der Waals surface area contributed by atoms with E-state index < -0.39 is 5.54 Å². The van der Waals surface area contributed by atoms with Crippen LogP contribution in [0.3, 0.4) is 0 Å². The molecule has 0 aromatic rings. The second-order valence-corrected chi connectivity index (χ2v) is 2.54. The van der Waals surface area contributed by atoms with E-state index in [0.717, 1.165) is 6.42 Å². The molecule has 2 N–H and O–H groups in total. The second kappa shape index (κ2) is 0.910. The average molecular weight is 113 g/mol. The van der Waals surface area contributed by atoms with Crippen molar-refractivity contribution in [1.82, 2.24) is 0 Å². The van der Waals surface area contributed by atoms with Crippen LogP contribution >= 0.6 is 0 Å². The van der Waals surface area contributed by atoms with Crippen molar-refractivity contribution in [2.45, 2.75) is 12.0 Å². The minimum absolute atomic E-state index is 0.206. The number of hydrogen-bond acceptors (Lipinski definition) is 3. The van der Waals surface area contributed by atoms with Crippen LogP contribution in [0, 0.1) is 5.92 Å². The molecule has 1 saturated carbocycles. The van der Waals surface area contributed by atoms with Crippen LogP contribution in [0.1, 0.15) is 6.42 Å². The maximum Gasteiger partial charge on any atom is 0.326 e. The lowest BCUT2D eigenvalue weighted by molar-refractivity contribution is -0.141. The van der Waals surface area contributed by atoms with Gasteiger partial charge >= 0.3 is 5.97 Å². The quantitative estimate of drug-likeness (QED) is 0.421. The van der Waals surface area contributed by atoms with Gasteiger partial charge in [-0.15, -0.1) is 0 Å². The van der Waals surface area contributed by atoms with E-state index in [0.29, 0.717) is 12.5 Å². The number of carbonyl (C=O) groups is 1. The van der Waals surface area contributed by atoms with Gasteiger partial charge in [0.15, 0.2) is 0 Å². The number of rotatable bonds is 0. The largest absolute Gasteiger partial charge is 0.464 e. The lowest BCUT2D eigenvalue weighted by atomic mass is 10.3. The molecular weight excluding hydrogens is 106 g/mol. The maximum atomic E-state index is 10.6. The van der Waals surface area contributed by atoms with Crippen LogP contribution in [0.15, 0.2) is 0 Å². The van der Waals surface area contributed by atoms with Crippen LogP contribution in [0.5, 0.6) is 0 Å². The number of nitrogens with two attached hydrogens (primary N) is 1. The Kier molecular flexibility index (Phi) is 0.492. The molecule has 2 fully saturated rings. The van der Waals surface area contributed by atoms with E-state index in [1.165, 1.54) is 0 Å². The van der Waals surface area contributed by atoms with E-state index in [9.17, 15) is 4.79 Å². The van der Waals surface area contributed by atoms with Crippen LogP contribution < -0.4 is 5.73 Å². The normalized spacial score (nSPS) is 50.6. The predicted octanol–water partition coefficient (Wildman–Crippen LogP) is -0.739. The highest BCUT2D eigenvalue weighted by Gasteiger charge is 2.63. The number of cyclic esters (lactones) is 1. The molecule has 44 valence electrons. The van der Waals surface area contributed by atoms with Gasteiger partial charge in [-0.25, -0.2) is 0 Å². The molecular formula is C5H7NO2. The Morgan fingerprint density at radius 3 is 2.75 bits per heavy atom. The predicted molar refractivity (Wildman–Crippen MR) is 26.0 cm³/mol. The van der Waals surface area contributed by atoms with E-state index in [-0.39, 0.29) is 5.97 Å². The first-order valence-electron chi connectivity index (χ1n) is 2.69. The Bertz CT molecular complexity index is 155. The monoisotopic (exact) mass is 113 g/mol. The van der Waals surface area contributed by atoms with Gasteiger partial charge in [0.2, 0.25) is 0 Å². The molecule has 8 heavy (non-hydrogen) atoms. The smallest absolute Gasteiger partial charge is 0.326 e. The Morgan fingerprint density at radius 1 is 1.88 bits per heavy atom. The van der Waals surface area contributed by atoms with Crippen molar-refractivity contribution in [3.8, 4) is 0 Å². The summed E-state index contributed by atoms with van der Waals surface area (Å²) < 4.78 is 4.65. The SMILES string of the molecule is N[C@]12C[C@H]1COC2=O. The van der Waals surface area contributed by atoms with Crippen LogP contribution in [-0.4, -0.2) is 18.1 Å². The van der Waals surface area contributed by atoms with Crippen LogP contribution in [0.25, 0.3) is 0 Å². The number of fused-ring (bicyclic) bond motifs is 1. The van der Waals surface area contributed by atoms with Crippen molar-refractivity contribution in [1.29, 1.82) is 0 Å². The molecule has 0 bridgehead atoms. The van der Waals surface area contributed by atoms with Crippen molar-refractivity contribution in [3.05, 3.63) is 0 Å². The lowest BCUT2D eigenvalue weighted by Crippen LogP contribution is -2.31. The lowest BCUT2D eigenvalue weighted by Gasteiger charge is -1.97. The van der Waals surface area contributed by atoms with Crippen molar-refractivity contribution in [2.24, 2.45) is 11.7 Å². The molecule has 1 aliphatic carbocycles. The summed E-state index contributed by atoms with van der Waals surface area (Å²) in [5.74, 6) is 0.137. The van der Waals surface area contributed by atoms with E-state index in [1.54, 1.807) is 0 Å². The molecule has 3 heteroatoms. The molecule has 3 nitrogen and oxygen atoms in total. The number of carbonyl (C=O) groups excluding carboxylic acids is 1.